The van der Waals surface area contributed by atoms with Gasteiger partial charge in [-0.25, -0.2) is 0 Å². The zero-order valence-corrected chi connectivity index (χ0v) is 9.73. The smallest absolute Gasteiger partial charge is 0.0613 e. The van der Waals surface area contributed by atoms with E-state index in [1.165, 1.54) is 5.70 Å². The minimum atomic E-state index is 0.134. The molecular weight excluding hydrogens is 158 g/mol. The van der Waals surface area contributed by atoms with E-state index in [-0.39, 0.29) is 5.41 Å². The van der Waals surface area contributed by atoms with Gasteiger partial charge in [0, 0.05) is 19.5 Å². The van der Waals surface area contributed by atoms with Gasteiger partial charge in [-0.2, -0.15) is 0 Å². The summed E-state index contributed by atoms with van der Waals surface area (Å²) in [5.74, 6) is 0. The van der Waals surface area contributed by atoms with Crippen molar-refractivity contribution < 1.29 is 0 Å². The fourth-order valence-corrected chi connectivity index (χ4v) is 1.21. The molecule has 0 saturated carbocycles. The van der Waals surface area contributed by atoms with E-state index in [1.54, 1.807) is 0 Å². The van der Waals surface area contributed by atoms with Gasteiger partial charge in [0.05, 0.1) is 5.70 Å². The van der Waals surface area contributed by atoms with Crippen LogP contribution in [0.4, 0.5) is 0 Å². The Balaban J connectivity index is 5.05. The van der Waals surface area contributed by atoms with E-state index in [0.29, 0.717) is 0 Å². The van der Waals surface area contributed by atoms with Gasteiger partial charge in [0.15, 0.2) is 0 Å². The van der Waals surface area contributed by atoms with Crippen LogP contribution >= 0.6 is 0 Å². The molecule has 0 N–H and O–H groups in total. The second-order valence-corrected chi connectivity index (χ2v) is 4.63. The number of rotatable bonds is 2. The molecule has 1 heteroatoms. The maximum absolute atomic E-state index is 3.82. The highest BCUT2D eigenvalue weighted by Crippen LogP contribution is 2.25. The zero-order chi connectivity index (χ0) is 10.6. The van der Waals surface area contributed by atoms with Crippen LogP contribution in [-0.4, -0.2) is 19.0 Å². The first kappa shape index (κ1) is 12.1. The molecule has 0 heterocycles. The Morgan fingerprint density at radius 2 is 1.77 bits per heavy atom. The molecule has 0 amide bonds. The molecule has 0 atom stereocenters. The van der Waals surface area contributed by atoms with E-state index in [4.69, 9.17) is 0 Å². The van der Waals surface area contributed by atoms with Crippen molar-refractivity contribution in [2.45, 2.75) is 27.7 Å². The molecule has 0 saturated heterocycles. The topological polar surface area (TPSA) is 3.24 Å². The Bertz CT molecular complexity index is 245. The second-order valence-electron chi connectivity index (χ2n) is 4.63. The van der Waals surface area contributed by atoms with Gasteiger partial charge in [-0.1, -0.05) is 38.7 Å². The highest BCUT2D eigenvalue weighted by Gasteiger charge is 2.17. The summed E-state index contributed by atoms with van der Waals surface area (Å²) in [4.78, 5) is 2.10. The SMILES string of the molecule is C=C(C)C=C=C(N(C)C)C(C)(C)C. The van der Waals surface area contributed by atoms with Crippen LogP contribution in [0, 0.1) is 5.41 Å². The molecule has 0 rings (SSSR count). The quantitative estimate of drug-likeness (QED) is 0.465. The van der Waals surface area contributed by atoms with Gasteiger partial charge in [-0.3, -0.25) is 0 Å². The first-order valence-electron chi connectivity index (χ1n) is 4.55. The van der Waals surface area contributed by atoms with E-state index in [0.717, 1.165) is 5.57 Å². The number of hydrogen-bond donors (Lipinski definition) is 0. The molecule has 0 aromatic heterocycles. The molecule has 0 aliphatic heterocycles. The van der Waals surface area contributed by atoms with E-state index in [1.807, 2.05) is 27.1 Å². The minimum absolute atomic E-state index is 0.134. The summed E-state index contributed by atoms with van der Waals surface area (Å²) in [6, 6.07) is 0. The van der Waals surface area contributed by atoms with Gasteiger partial charge >= 0.3 is 0 Å². The van der Waals surface area contributed by atoms with Crippen molar-refractivity contribution in [1.29, 1.82) is 0 Å². The maximum Gasteiger partial charge on any atom is 0.0613 e. The van der Waals surface area contributed by atoms with Gasteiger partial charge in [0.1, 0.15) is 0 Å². The molecule has 0 bridgehead atoms. The van der Waals surface area contributed by atoms with Crippen molar-refractivity contribution >= 4 is 0 Å². The van der Waals surface area contributed by atoms with Crippen molar-refractivity contribution in [1.82, 2.24) is 4.90 Å². The monoisotopic (exact) mass is 179 g/mol. The predicted molar refractivity (Wildman–Crippen MR) is 59.6 cm³/mol. The van der Waals surface area contributed by atoms with E-state index in [9.17, 15) is 0 Å². The lowest BCUT2D eigenvalue weighted by atomic mass is 9.91. The molecule has 13 heavy (non-hydrogen) atoms. The fraction of sp³-hybridized carbons (Fsp3) is 0.583. The van der Waals surface area contributed by atoms with Crippen molar-refractivity contribution in [3.05, 3.63) is 29.7 Å². The highest BCUT2D eigenvalue weighted by molar-refractivity contribution is 5.16. The molecule has 74 valence electrons. The van der Waals surface area contributed by atoms with Crippen LogP contribution in [-0.2, 0) is 0 Å². The van der Waals surface area contributed by atoms with Crippen molar-refractivity contribution in [2.24, 2.45) is 5.41 Å². The highest BCUT2D eigenvalue weighted by atomic mass is 15.1. The van der Waals surface area contributed by atoms with Crippen molar-refractivity contribution in [3.63, 3.8) is 0 Å². The Morgan fingerprint density at radius 3 is 2.00 bits per heavy atom. The standard InChI is InChI=1S/C12H21N/c1-10(2)8-9-11(13(6)7)12(3,4)5/h8H,1H2,2-7H3. The Hall–Kier alpha value is -0.940. The van der Waals surface area contributed by atoms with Crippen LogP contribution < -0.4 is 0 Å². The predicted octanol–water partition coefficient (Wildman–Crippen LogP) is 3.21. The molecule has 0 spiro atoms. The third kappa shape index (κ3) is 4.59. The van der Waals surface area contributed by atoms with E-state index < -0.39 is 0 Å². The molecule has 0 aliphatic carbocycles. The Labute approximate surface area is 82.4 Å². The van der Waals surface area contributed by atoms with Crippen LogP contribution in [0.3, 0.4) is 0 Å². The molecule has 1 nitrogen and oxygen atoms in total. The first-order chi connectivity index (χ1) is 5.75. The summed E-state index contributed by atoms with van der Waals surface area (Å²) in [7, 11) is 4.08. The number of nitrogens with zero attached hydrogens (tertiary/aromatic N) is 1. The second kappa shape index (κ2) is 4.34. The third-order valence-corrected chi connectivity index (χ3v) is 1.61. The molecule has 0 unspecified atom stereocenters. The van der Waals surface area contributed by atoms with Crippen LogP contribution in [0.15, 0.2) is 29.7 Å². The average molecular weight is 179 g/mol. The van der Waals surface area contributed by atoms with Gasteiger partial charge in [0.2, 0.25) is 0 Å². The number of hydrogen-bond acceptors (Lipinski definition) is 1. The van der Waals surface area contributed by atoms with E-state index >= 15 is 0 Å². The summed E-state index contributed by atoms with van der Waals surface area (Å²) in [5.41, 5.74) is 5.63. The lowest BCUT2D eigenvalue weighted by molar-refractivity contribution is 0.354. The largest absolute Gasteiger partial charge is 0.374 e. The lowest BCUT2D eigenvalue weighted by Crippen LogP contribution is -2.22. The first-order valence-corrected chi connectivity index (χ1v) is 4.55. The molecule has 0 aliphatic rings. The van der Waals surface area contributed by atoms with Crippen LogP contribution in [0.1, 0.15) is 27.7 Å². The molecule has 0 aromatic carbocycles. The van der Waals surface area contributed by atoms with Crippen LogP contribution in [0.5, 0.6) is 0 Å². The molecule has 0 aromatic rings. The van der Waals surface area contributed by atoms with Gasteiger partial charge in [0.25, 0.3) is 0 Å². The van der Waals surface area contributed by atoms with Crippen molar-refractivity contribution in [3.8, 4) is 0 Å². The summed E-state index contributed by atoms with van der Waals surface area (Å²) in [6.07, 6.45) is 1.93. The van der Waals surface area contributed by atoms with Crippen LogP contribution in [0.2, 0.25) is 0 Å². The fourth-order valence-electron chi connectivity index (χ4n) is 1.21. The summed E-state index contributed by atoms with van der Waals surface area (Å²) in [6.45, 7) is 12.3. The Kier molecular flexibility index (Phi) is 4.03. The van der Waals surface area contributed by atoms with E-state index in [2.05, 4.69) is 38.0 Å². The zero-order valence-electron chi connectivity index (χ0n) is 9.73. The normalized spacial score (nSPS) is 10.3. The summed E-state index contributed by atoms with van der Waals surface area (Å²) in [5, 5.41) is 0. The third-order valence-electron chi connectivity index (χ3n) is 1.61. The van der Waals surface area contributed by atoms with Gasteiger partial charge < -0.3 is 4.90 Å². The average Bonchev–Trinajstić information content (AvgIpc) is 1.81. The van der Waals surface area contributed by atoms with Gasteiger partial charge in [-0.05, 0) is 13.0 Å². The van der Waals surface area contributed by atoms with Crippen molar-refractivity contribution in [2.75, 3.05) is 14.1 Å². The maximum atomic E-state index is 3.82. The van der Waals surface area contributed by atoms with Crippen LogP contribution in [0.25, 0.3) is 0 Å². The molecular formula is C12H21N. The number of allylic oxidation sites excluding steroid dienone is 2. The Morgan fingerprint density at radius 1 is 1.31 bits per heavy atom. The lowest BCUT2D eigenvalue weighted by Gasteiger charge is -2.27. The summed E-state index contributed by atoms with van der Waals surface area (Å²) < 4.78 is 0. The minimum Gasteiger partial charge on any atom is -0.374 e. The molecule has 0 radical (unpaired) electrons. The molecule has 0 fully saturated rings. The summed E-state index contributed by atoms with van der Waals surface area (Å²) >= 11 is 0. The van der Waals surface area contributed by atoms with Gasteiger partial charge in [-0.15, -0.1) is 0 Å².